The second-order valence-electron chi connectivity index (χ2n) is 8.00. The van der Waals surface area contributed by atoms with Crippen LogP contribution in [0.15, 0.2) is 91.3 Å². The zero-order valence-corrected chi connectivity index (χ0v) is 17.9. The molecule has 0 saturated heterocycles. The monoisotopic (exact) mass is 437 g/mol. The molecule has 0 fully saturated rings. The van der Waals surface area contributed by atoms with Gasteiger partial charge in [-0.1, -0.05) is 54.6 Å². The quantitative estimate of drug-likeness (QED) is 0.474. The van der Waals surface area contributed by atoms with Gasteiger partial charge in [-0.25, -0.2) is 4.79 Å². The van der Waals surface area contributed by atoms with Crippen molar-refractivity contribution in [2.45, 2.75) is 19.6 Å². The van der Waals surface area contributed by atoms with Crippen molar-refractivity contribution in [3.63, 3.8) is 0 Å². The van der Waals surface area contributed by atoms with Crippen molar-refractivity contribution in [1.29, 1.82) is 0 Å². The lowest BCUT2D eigenvalue weighted by atomic mass is 10.1. The summed E-state index contributed by atoms with van der Waals surface area (Å²) in [5.41, 5.74) is 5.25. The van der Waals surface area contributed by atoms with E-state index in [-0.39, 0.29) is 11.9 Å². The molecule has 0 aliphatic carbocycles. The highest BCUT2D eigenvalue weighted by atomic mass is 16.2. The number of amides is 3. The van der Waals surface area contributed by atoms with E-state index in [4.69, 9.17) is 0 Å². The van der Waals surface area contributed by atoms with Gasteiger partial charge in [0, 0.05) is 30.5 Å². The number of aromatic nitrogens is 2. The molecule has 1 aliphatic rings. The van der Waals surface area contributed by atoms with Gasteiger partial charge in [0.1, 0.15) is 0 Å². The first-order valence-corrected chi connectivity index (χ1v) is 10.7. The molecule has 0 radical (unpaired) electrons. The van der Waals surface area contributed by atoms with Gasteiger partial charge in [0.2, 0.25) is 0 Å². The van der Waals surface area contributed by atoms with Gasteiger partial charge in [-0.2, -0.15) is 5.10 Å². The fourth-order valence-electron chi connectivity index (χ4n) is 3.87. The second kappa shape index (κ2) is 9.00. The molecule has 7 nitrogen and oxygen atoms in total. The maximum absolute atomic E-state index is 12.6. The molecule has 164 valence electrons. The summed E-state index contributed by atoms with van der Waals surface area (Å²) >= 11 is 0. The van der Waals surface area contributed by atoms with Crippen LogP contribution in [0.5, 0.6) is 0 Å². The number of carbonyl (C=O) groups is 2. The third-order valence-corrected chi connectivity index (χ3v) is 5.60. The normalized spacial score (nSPS) is 12.3. The van der Waals surface area contributed by atoms with Gasteiger partial charge in [0.05, 0.1) is 18.4 Å². The van der Waals surface area contributed by atoms with Crippen molar-refractivity contribution in [3.8, 4) is 0 Å². The highest BCUT2D eigenvalue weighted by Crippen LogP contribution is 2.23. The SMILES string of the molecule is O=C(Nc1cnn(Cc2ccccc2)c1)c1ccc(NC(=O)N2Cc3ccccc3C2)cc1. The minimum absolute atomic E-state index is 0.158. The van der Waals surface area contributed by atoms with E-state index in [9.17, 15) is 9.59 Å². The van der Waals surface area contributed by atoms with Crippen LogP contribution < -0.4 is 10.6 Å². The summed E-state index contributed by atoms with van der Waals surface area (Å²) in [7, 11) is 0. The zero-order valence-electron chi connectivity index (χ0n) is 17.9. The molecule has 3 amide bonds. The van der Waals surface area contributed by atoms with E-state index in [1.807, 2.05) is 54.6 Å². The van der Waals surface area contributed by atoms with Crippen LogP contribution in [-0.2, 0) is 19.6 Å². The van der Waals surface area contributed by atoms with E-state index in [2.05, 4.69) is 15.7 Å². The summed E-state index contributed by atoms with van der Waals surface area (Å²) in [6, 6.07) is 24.7. The Labute approximate surface area is 191 Å². The van der Waals surface area contributed by atoms with E-state index >= 15 is 0 Å². The van der Waals surface area contributed by atoms with E-state index in [1.54, 1.807) is 46.2 Å². The average molecular weight is 438 g/mol. The van der Waals surface area contributed by atoms with Gasteiger partial charge >= 0.3 is 6.03 Å². The summed E-state index contributed by atoms with van der Waals surface area (Å²) in [5, 5.41) is 10.1. The number of anilines is 2. The first-order chi connectivity index (χ1) is 16.1. The number of fused-ring (bicyclic) bond motifs is 1. The fourth-order valence-corrected chi connectivity index (χ4v) is 3.87. The molecular weight excluding hydrogens is 414 g/mol. The van der Waals surface area contributed by atoms with E-state index in [0.717, 1.165) is 5.56 Å². The fraction of sp³-hybridized carbons (Fsp3) is 0.115. The number of hydrogen-bond donors (Lipinski definition) is 2. The Balaban J connectivity index is 1.16. The van der Waals surface area contributed by atoms with Gasteiger partial charge in [-0.3, -0.25) is 9.48 Å². The van der Waals surface area contributed by atoms with Crippen LogP contribution in [-0.4, -0.2) is 26.6 Å². The molecule has 2 heterocycles. The molecule has 0 atom stereocenters. The van der Waals surface area contributed by atoms with Crippen molar-refractivity contribution < 1.29 is 9.59 Å². The first kappa shape index (κ1) is 20.5. The molecule has 1 aliphatic heterocycles. The molecule has 0 saturated carbocycles. The van der Waals surface area contributed by atoms with Gasteiger partial charge in [0.25, 0.3) is 5.91 Å². The summed E-state index contributed by atoms with van der Waals surface area (Å²) in [6.45, 7) is 1.83. The molecule has 0 unspecified atom stereocenters. The lowest BCUT2D eigenvalue weighted by Crippen LogP contribution is -2.30. The molecule has 33 heavy (non-hydrogen) atoms. The first-order valence-electron chi connectivity index (χ1n) is 10.7. The Kier molecular flexibility index (Phi) is 5.59. The number of hydrogen-bond acceptors (Lipinski definition) is 3. The predicted molar refractivity (Wildman–Crippen MR) is 127 cm³/mol. The lowest BCUT2D eigenvalue weighted by Gasteiger charge is -2.16. The van der Waals surface area contributed by atoms with Gasteiger partial charge in [-0.15, -0.1) is 0 Å². The number of carbonyl (C=O) groups excluding carboxylic acids is 2. The number of rotatable bonds is 5. The minimum atomic E-state index is -0.234. The van der Waals surface area contributed by atoms with Gasteiger partial charge < -0.3 is 15.5 Å². The second-order valence-corrected chi connectivity index (χ2v) is 8.00. The molecule has 3 aromatic carbocycles. The summed E-state index contributed by atoms with van der Waals surface area (Å²) in [5.74, 6) is -0.234. The van der Waals surface area contributed by atoms with E-state index in [0.29, 0.717) is 36.6 Å². The maximum Gasteiger partial charge on any atom is 0.322 e. The number of nitrogens with one attached hydrogen (secondary N) is 2. The summed E-state index contributed by atoms with van der Waals surface area (Å²) in [4.78, 5) is 27.0. The largest absolute Gasteiger partial charge is 0.322 e. The minimum Gasteiger partial charge on any atom is -0.319 e. The average Bonchev–Trinajstić information content (AvgIpc) is 3.47. The highest BCUT2D eigenvalue weighted by molar-refractivity contribution is 6.04. The third kappa shape index (κ3) is 4.77. The van der Waals surface area contributed by atoms with Crippen LogP contribution in [0.4, 0.5) is 16.2 Å². The number of benzene rings is 3. The lowest BCUT2D eigenvalue weighted by molar-refractivity contribution is 0.102. The molecule has 5 rings (SSSR count). The topological polar surface area (TPSA) is 79.3 Å². The maximum atomic E-state index is 12.6. The Bertz CT molecular complexity index is 1260. The van der Waals surface area contributed by atoms with Crippen molar-refractivity contribution in [1.82, 2.24) is 14.7 Å². The zero-order chi connectivity index (χ0) is 22.6. The van der Waals surface area contributed by atoms with E-state index < -0.39 is 0 Å². The highest BCUT2D eigenvalue weighted by Gasteiger charge is 2.22. The van der Waals surface area contributed by atoms with Gasteiger partial charge in [-0.05, 0) is 41.0 Å². The molecule has 7 heteroatoms. The van der Waals surface area contributed by atoms with Gasteiger partial charge in [0.15, 0.2) is 0 Å². The predicted octanol–water partition coefficient (Wildman–Crippen LogP) is 4.73. The molecule has 2 N–H and O–H groups in total. The van der Waals surface area contributed by atoms with Crippen LogP contribution in [0.1, 0.15) is 27.0 Å². The molecule has 4 aromatic rings. The number of nitrogens with zero attached hydrogens (tertiary/aromatic N) is 3. The molecule has 1 aromatic heterocycles. The van der Waals surface area contributed by atoms with Crippen molar-refractivity contribution >= 4 is 23.3 Å². The van der Waals surface area contributed by atoms with Crippen LogP contribution >= 0.6 is 0 Å². The van der Waals surface area contributed by atoms with Crippen molar-refractivity contribution in [3.05, 3.63) is 114 Å². The van der Waals surface area contributed by atoms with Crippen molar-refractivity contribution in [2.24, 2.45) is 0 Å². The molecular formula is C26H23N5O2. The Morgan fingerprint density at radius 2 is 1.45 bits per heavy atom. The Morgan fingerprint density at radius 3 is 2.15 bits per heavy atom. The third-order valence-electron chi connectivity index (χ3n) is 5.60. The Hall–Kier alpha value is -4.39. The van der Waals surface area contributed by atoms with Crippen molar-refractivity contribution in [2.75, 3.05) is 10.6 Å². The van der Waals surface area contributed by atoms with Crippen LogP contribution in [0.25, 0.3) is 0 Å². The number of urea groups is 1. The Morgan fingerprint density at radius 1 is 0.788 bits per heavy atom. The standard InChI is InChI=1S/C26H23N5O2/c32-25(28-24-14-27-31(18-24)15-19-6-2-1-3-7-19)20-10-12-23(13-11-20)29-26(33)30-16-21-8-4-5-9-22(21)17-30/h1-14,18H,15-17H2,(H,28,32)(H,29,33). The van der Waals surface area contributed by atoms with Crippen LogP contribution in [0.3, 0.4) is 0 Å². The molecule has 0 bridgehead atoms. The summed E-state index contributed by atoms with van der Waals surface area (Å²) in [6.07, 6.45) is 3.43. The van der Waals surface area contributed by atoms with Crippen LogP contribution in [0.2, 0.25) is 0 Å². The molecule has 0 spiro atoms. The summed E-state index contributed by atoms with van der Waals surface area (Å²) < 4.78 is 1.78. The van der Waals surface area contributed by atoms with E-state index in [1.165, 1.54) is 11.1 Å². The smallest absolute Gasteiger partial charge is 0.319 e. The van der Waals surface area contributed by atoms with Crippen LogP contribution in [0, 0.1) is 0 Å².